The number of tetrazole rings is 1. The van der Waals surface area contributed by atoms with Gasteiger partial charge in [-0.25, -0.2) is 4.98 Å². The summed E-state index contributed by atoms with van der Waals surface area (Å²) in [5.74, 6) is 0.829. The Hall–Kier alpha value is -3.80. The number of aromatic nitrogens is 6. The molecule has 0 bridgehead atoms. The van der Waals surface area contributed by atoms with Gasteiger partial charge in [0.25, 0.3) is 11.5 Å². The fraction of sp³-hybridized carbons (Fsp3) is 0.368. The Labute approximate surface area is 175 Å². The Morgan fingerprint density at radius 3 is 3.00 bits per heavy atom. The second kappa shape index (κ2) is 7.47. The van der Waals surface area contributed by atoms with Gasteiger partial charge in [0.2, 0.25) is 5.88 Å². The summed E-state index contributed by atoms with van der Waals surface area (Å²) in [6.45, 7) is 0.586. The van der Waals surface area contributed by atoms with Crippen LogP contribution in [0.3, 0.4) is 0 Å². The molecular formula is C19H19N7O5. The highest BCUT2D eigenvalue weighted by molar-refractivity contribution is 5.96. The molecule has 1 atom stereocenters. The Morgan fingerprint density at radius 1 is 1.26 bits per heavy atom. The van der Waals surface area contributed by atoms with Gasteiger partial charge in [-0.15, -0.1) is 10.2 Å². The van der Waals surface area contributed by atoms with Crippen molar-refractivity contribution in [3.63, 3.8) is 0 Å². The van der Waals surface area contributed by atoms with Crippen molar-refractivity contribution < 1.29 is 19.4 Å². The predicted molar refractivity (Wildman–Crippen MR) is 105 cm³/mol. The van der Waals surface area contributed by atoms with E-state index in [1.807, 2.05) is 18.2 Å². The minimum absolute atomic E-state index is 0.00389. The molecule has 0 fully saturated rings. The topological polar surface area (TPSA) is 137 Å². The lowest BCUT2D eigenvalue weighted by Gasteiger charge is -2.24. The van der Waals surface area contributed by atoms with Gasteiger partial charge in [0.15, 0.2) is 18.1 Å². The Balaban J connectivity index is 1.31. The number of hydrogen-bond acceptors (Lipinski definition) is 9. The van der Waals surface area contributed by atoms with E-state index in [4.69, 9.17) is 9.47 Å². The zero-order valence-electron chi connectivity index (χ0n) is 16.6. The summed E-state index contributed by atoms with van der Waals surface area (Å²) in [6.07, 6.45) is 1.33. The third-order valence-electron chi connectivity index (χ3n) is 5.27. The van der Waals surface area contributed by atoms with Crippen LogP contribution in [0.2, 0.25) is 0 Å². The molecule has 4 heterocycles. The first kappa shape index (κ1) is 19.2. The number of carbonyl (C=O) groups excluding carboxylic acids is 1. The van der Waals surface area contributed by atoms with Crippen LogP contribution in [0.4, 0.5) is 5.69 Å². The SMILES string of the molecule is CN1C(=O)COc2ncn(Cc3nnn(C[C@H](O)c4ccc5c(c4)OCC5)n3)c(=O)c21. The lowest BCUT2D eigenvalue weighted by atomic mass is 10.1. The first-order chi connectivity index (χ1) is 15.0. The lowest BCUT2D eigenvalue weighted by Crippen LogP contribution is -2.41. The molecule has 31 heavy (non-hydrogen) atoms. The molecule has 0 aliphatic carbocycles. The molecule has 1 amide bonds. The maximum absolute atomic E-state index is 12.8. The quantitative estimate of drug-likeness (QED) is 0.562. The number of hydrogen-bond donors (Lipinski definition) is 1. The van der Waals surface area contributed by atoms with E-state index in [1.54, 1.807) is 0 Å². The molecule has 160 valence electrons. The molecule has 1 aromatic carbocycles. The summed E-state index contributed by atoms with van der Waals surface area (Å²) in [5.41, 5.74) is 1.44. The van der Waals surface area contributed by atoms with Crippen molar-refractivity contribution in [3.8, 4) is 11.6 Å². The molecule has 2 aliphatic heterocycles. The summed E-state index contributed by atoms with van der Waals surface area (Å²) >= 11 is 0. The monoisotopic (exact) mass is 425 g/mol. The van der Waals surface area contributed by atoms with Gasteiger partial charge in [-0.1, -0.05) is 12.1 Å². The number of nitrogens with zero attached hydrogens (tertiary/aromatic N) is 7. The fourth-order valence-corrected chi connectivity index (χ4v) is 3.54. The van der Waals surface area contributed by atoms with E-state index in [-0.39, 0.29) is 43.0 Å². The Kier molecular flexibility index (Phi) is 4.62. The zero-order valence-corrected chi connectivity index (χ0v) is 16.6. The minimum atomic E-state index is -0.846. The van der Waals surface area contributed by atoms with Crippen molar-refractivity contribution in [2.24, 2.45) is 0 Å². The van der Waals surface area contributed by atoms with Gasteiger partial charge < -0.3 is 19.5 Å². The zero-order chi connectivity index (χ0) is 21.5. The third-order valence-corrected chi connectivity index (χ3v) is 5.27. The summed E-state index contributed by atoms with van der Waals surface area (Å²) in [4.78, 5) is 31.2. The van der Waals surface area contributed by atoms with Gasteiger partial charge in [0.1, 0.15) is 18.2 Å². The number of rotatable bonds is 5. The average molecular weight is 425 g/mol. The number of anilines is 1. The molecule has 0 unspecified atom stereocenters. The first-order valence-corrected chi connectivity index (χ1v) is 9.69. The Bertz CT molecular complexity index is 1220. The van der Waals surface area contributed by atoms with Crippen molar-refractivity contribution in [3.05, 3.63) is 51.8 Å². The second-order valence-electron chi connectivity index (χ2n) is 7.31. The van der Waals surface area contributed by atoms with Gasteiger partial charge in [-0.3, -0.25) is 14.2 Å². The number of aliphatic hydroxyl groups is 1. The lowest BCUT2D eigenvalue weighted by molar-refractivity contribution is -0.121. The summed E-state index contributed by atoms with van der Waals surface area (Å²) in [7, 11) is 1.50. The number of aliphatic hydroxyl groups excluding tert-OH is 1. The highest BCUT2D eigenvalue weighted by Crippen LogP contribution is 2.29. The molecule has 12 heteroatoms. The molecule has 1 N–H and O–H groups in total. The molecule has 0 saturated heterocycles. The van der Waals surface area contributed by atoms with Crippen LogP contribution in [0.25, 0.3) is 0 Å². The van der Waals surface area contributed by atoms with Crippen molar-refractivity contribution >= 4 is 11.6 Å². The maximum Gasteiger partial charge on any atom is 0.281 e. The van der Waals surface area contributed by atoms with E-state index < -0.39 is 11.7 Å². The van der Waals surface area contributed by atoms with E-state index in [0.29, 0.717) is 12.2 Å². The van der Waals surface area contributed by atoms with Crippen LogP contribution in [-0.4, -0.2) is 61.0 Å². The van der Waals surface area contributed by atoms with Gasteiger partial charge in [-0.2, -0.15) is 4.80 Å². The number of amides is 1. The smallest absolute Gasteiger partial charge is 0.281 e. The molecule has 2 aliphatic rings. The first-order valence-electron chi connectivity index (χ1n) is 9.69. The van der Waals surface area contributed by atoms with Crippen molar-refractivity contribution in [2.45, 2.75) is 25.6 Å². The summed E-state index contributed by atoms with van der Waals surface area (Å²) in [6, 6.07) is 5.62. The fourth-order valence-electron chi connectivity index (χ4n) is 3.54. The number of likely N-dealkylation sites (N-methyl/N-ethyl adjacent to an activating group) is 1. The molecule has 0 radical (unpaired) electrons. The van der Waals surface area contributed by atoms with Crippen molar-refractivity contribution in [2.75, 3.05) is 25.2 Å². The van der Waals surface area contributed by atoms with E-state index >= 15 is 0 Å². The van der Waals surface area contributed by atoms with Crippen LogP contribution in [0.15, 0.2) is 29.3 Å². The van der Waals surface area contributed by atoms with Gasteiger partial charge in [0.05, 0.1) is 19.7 Å². The van der Waals surface area contributed by atoms with Crippen LogP contribution in [0.5, 0.6) is 11.6 Å². The summed E-state index contributed by atoms with van der Waals surface area (Å²) in [5, 5.41) is 22.7. The highest BCUT2D eigenvalue weighted by atomic mass is 16.5. The van der Waals surface area contributed by atoms with Gasteiger partial charge in [0, 0.05) is 13.5 Å². The highest BCUT2D eigenvalue weighted by Gasteiger charge is 2.27. The minimum Gasteiger partial charge on any atom is -0.493 e. The normalized spacial score (nSPS) is 15.8. The van der Waals surface area contributed by atoms with E-state index in [2.05, 4.69) is 20.4 Å². The van der Waals surface area contributed by atoms with E-state index in [9.17, 15) is 14.7 Å². The number of benzene rings is 1. The largest absolute Gasteiger partial charge is 0.493 e. The molecule has 12 nitrogen and oxygen atoms in total. The molecule has 0 saturated carbocycles. The average Bonchev–Trinajstić information content (AvgIpc) is 3.41. The molecule has 0 spiro atoms. The Morgan fingerprint density at radius 2 is 2.13 bits per heavy atom. The number of fused-ring (bicyclic) bond motifs is 2. The number of carbonyl (C=O) groups is 1. The molecular weight excluding hydrogens is 406 g/mol. The summed E-state index contributed by atoms with van der Waals surface area (Å²) < 4.78 is 12.0. The van der Waals surface area contributed by atoms with Crippen LogP contribution < -0.4 is 19.9 Å². The van der Waals surface area contributed by atoms with Crippen molar-refractivity contribution in [1.29, 1.82) is 0 Å². The second-order valence-corrected chi connectivity index (χ2v) is 7.31. The predicted octanol–water partition coefficient (Wildman–Crippen LogP) is -0.698. The number of ether oxygens (including phenoxy) is 2. The third kappa shape index (κ3) is 3.50. The van der Waals surface area contributed by atoms with Crippen LogP contribution in [0.1, 0.15) is 23.1 Å². The van der Waals surface area contributed by atoms with Crippen LogP contribution in [0, 0.1) is 0 Å². The van der Waals surface area contributed by atoms with Crippen LogP contribution in [-0.2, 0) is 24.3 Å². The van der Waals surface area contributed by atoms with Gasteiger partial charge in [-0.05, 0) is 22.4 Å². The van der Waals surface area contributed by atoms with Gasteiger partial charge >= 0.3 is 0 Å². The van der Waals surface area contributed by atoms with Crippen molar-refractivity contribution in [1.82, 2.24) is 29.8 Å². The van der Waals surface area contributed by atoms with E-state index in [0.717, 1.165) is 17.7 Å². The van der Waals surface area contributed by atoms with E-state index in [1.165, 1.54) is 27.6 Å². The molecule has 5 rings (SSSR count). The molecule has 3 aromatic rings. The molecule has 2 aromatic heterocycles. The van der Waals surface area contributed by atoms with Crippen LogP contribution >= 0.6 is 0 Å². The standard InChI is InChI=1S/C19H19N7O5/c1-24-16(28)9-31-18-17(24)19(29)25(10-20-18)8-15-21-23-26(22-15)7-13(27)12-3-2-11-4-5-30-14(11)6-12/h2-3,6,10,13,27H,4-5,7-9H2,1H3/t13-/m0/s1. The maximum atomic E-state index is 12.8.